The van der Waals surface area contributed by atoms with Crippen LogP contribution < -0.4 is 9.47 Å². The van der Waals surface area contributed by atoms with Gasteiger partial charge in [-0.25, -0.2) is 4.79 Å². The number of hydrogen-bond acceptors (Lipinski definition) is 6. The summed E-state index contributed by atoms with van der Waals surface area (Å²) >= 11 is 0. The number of esters is 1. The number of pyridine rings is 1. The first-order valence-electron chi connectivity index (χ1n) is 9.95. The van der Waals surface area contributed by atoms with E-state index in [2.05, 4.69) is 4.98 Å². The second-order valence-electron chi connectivity index (χ2n) is 7.12. The molecule has 1 atom stereocenters. The first kappa shape index (κ1) is 21.0. The van der Waals surface area contributed by atoms with Gasteiger partial charge in [0.05, 0.1) is 23.9 Å². The van der Waals surface area contributed by atoms with Crippen molar-refractivity contribution in [1.82, 2.24) is 9.88 Å². The lowest BCUT2D eigenvalue weighted by Gasteiger charge is -2.21. The molecule has 1 aromatic heterocycles. The van der Waals surface area contributed by atoms with Gasteiger partial charge in [0, 0.05) is 6.20 Å². The Morgan fingerprint density at radius 1 is 0.938 bits per heavy atom. The molecule has 7 heteroatoms. The largest absolute Gasteiger partial charge is 0.493 e. The Kier molecular flexibility index (Phi) is 5.81. The Morgan fingerprint density at radius 3 is 2.25 bits per heavy atom. The average molecular weight is 428 g/mol. The molecule has 0 spiro atoms. The molecule has 0 radical (unpaired) electrons. The van der Waals surface area contributed by atoms with Crippen LogP contribution in [0.2, 0.25) is 0 Å². The van der Waals surface area contributed by atoms with Gasteiger partial charge in [-0.05, 0) is 55.0 Å². The van der Waals surface area contributed by atoms with Crippen LogP contribution in [0.1, 0.15) is 38.9 Å². The van der Waals surface area contributed by atoms with Crippen molar-refractivity contribution >= 4 is 29.9 Å². The zero-order valence-electron chi connectivity index (χ0n) is 17.5. The van der Waals surface area contributed by atoms with Gasteiger partial charge in [-0.3, -0.25) is 19.5 Å². The lowest BCUT2D eigenvalue weighted by atomic mass is 10.1. The van der Waals surface area contributed by atoms with Crippen LogP contribution in [0.25, 0.3) is 12.2 Å². The zero-order valence-corrected chi connectivity index (χ0v) is 17.5. The SMILES string of the molecule is COc1cc(/C=C/c2ccccn2)ccc1OC(=O)C(C)N1C(=O)c2ccccc2C1=O. The quantitative estimate of drug-likeness (QED) is 0.337. The molecular weight excluding hydrogens is 408 g/mol. The van der Waals surface area contributed by atoms with E-state index in [1.807, 2.05) is 30.4 Å². The first-order chi connectivity index (χ1) is 15.5. The molecule has 0 bridgehead atoms. The highest BCUT2D eigenvalue weighted by atomic mass is 16.6. The van der Waals surface area contributed by atoms with E-state index in [0.29, 0.717) is 5.75 Å². The van der Waals surface area contributed by atoms with Gasteiger partial charge in [0.15, 0.2) is 11.5 Å². The highest BCUT2D eigenvalue weighted by molar-refractivity contribution is 6.22. The normalized spacial score (nSPS) is 13.9. The number of benzene rings is 2. The number of rotatable bonds is 6. The number of fused-ring (bicyclic) bond motifs is 1. The van der Waals surface area contributed by atoms with E-state index in [-0.39, 0.29) is 16.9 Å². The van der Waals surface area contributed by atoms with Crippen LogP contribution in [-0.2, 0) is 4.79 Å². The minimum atomic E-state index is -1.10. The summed E-state index contributed by atoms with van der Waals surface area (Å²) in [4.78, 5) is 43.2. The number of imide groups is 1. The lowest BCUT2D eigenvalue weighted by Crippen LogP contribution is -2.44. The molecule has 1 aliphatic heterocycles. The van der Waals surface area contributed by atoms with E-state index < -0.39 is 23.8 Å². The van der Waals surface area contributed by atoms with Crippen molar-refractivity contribution in [2.24, 2.45) is 0 Å². The molecule has 0 fully saturated rings. The van der Waals surface area contributed by atoms with E-state index in [4.69, 9.17) is 9.47 Å². The molecule has 3 aromatic rings. The summed E-state index contributed by atoms with van der Waals surface area (Å²) in [5.74, 6) is -1.24. The second kappa shape index (κ2) is 8.85. The summed E-state index contributed by atoms with van der Waals surface area (Å²) in [7, 11) is 1.46. The molecular formula is C25H20N2O5. The summed E-state index contributed by atoms with van der Waals surface area (Å²) < 4.78 is 10.8. The van der Waals surface area contributed by atoms with E-state index in [9.17, 15) is 14.4 Å². The standard InChI is InChI=1S/C25H20N2O5/c1-16(27-23(28)19-8-3-4-9-20(19)24(27)29)25(30)32-21-13-11-17(15-22(21)31-2)10-12-18-7-5-6-14-26-18/h3-16H,1-2H3/b12-10+. The number of ether oxygens (including phenoxy) is 2. The summed E-state index contributed by atoms with van der Waals surface area (Å²) in [5, 5.41) is 0. The van der Waals surface area contributed by atoms with Gasteiger partial charge >= 0.3 is 5.97 Å². The van der Waals surface area contributed by atoms with Crippen LogP contribution in [0, 0.1) is 0 Å². The fourth-order valence-electron chi connectivity index (χ4n) is 3.39. The van der Waals surface area contributed by atoms with Crippen molar-refractivity contribution in [2.45, 2.75) is 13.0 Å². The topological polar surface area (TPSA) is 85.8 Å². The van der Waals surface area contributed by atoms with Gasteiger partial charge in [0.2, 0.25) is 0 Å². The smallest absolute Gasteiger partial charge is 0.334 e. The van der Waals surface area contributed by atoms with E-state index in [1.54, 1.807) is 48.7 Å². The van der Waals surface area contributed by atoms with E-state index in [0.717, 1.165) is 16.2 Å². The van der Waals surface area contributed by atoms with Crippen LogP contribution in [0.4, 0.5) is 0 Å². The molecule has 1 aliphatic rings. The Hall–Kier alpha value is -4.26. The number of nitrogens with zero attached hydrogens (tertiary/aromatic N) is 2. The molecule has 0 saturated heterocycles. The van der Waals surface area contributed by atoms with Gasteiger partial charge in [-0.2, -0.15) is 0 Å². The van der Waals surface area contributed by atoms with Gasteiger partial charge in [-0.15, -0.1) is 0 Å². The van der Waals surface area contributed by atoms with Crippen molar-refractivity contribution in [3.63, 3.8) is 0 Å². The Labute approximate surface area is 184 Å². The minimum Gasteiger partial charge on any atom is -0.493 e. The third-order valence-electron chi connectivity index (χ3n) is 5.09. The average Bonchev–Trinajstić information content (AvgIpc) is 3.08. The van der Waals surface area contributed by atoms with Crippen molar-refractivity contribution in [3.8, 4) is 11.5 Å². The molecule has 0 aliphatic carbocycles. The Morgan fingerprint density at radius 2 is 1.62 bits per heavy atom. The number of hydrogen-bond donors (Lipinski definition) is 0. The van der Waals surface area contributed by atoms with Crippen molar-refractivity contribution in [3.05, 3.63) is 89.2 Å². The first-order valence-corrected chi connectivity index (χ1v) is 9.95. The van der Waals surface area contributed by atoms with Crippen molar-refractivity contribution < 1.29 is 23.9 Å². The van der Waals surface area contributed by atoms with Gasteiger partial charge in [0.25, 0.3) is 11.8 Å². The summed E-state index contributed by atoms with van der Waals surface area (Å²) in [5.41, 5.74) is 2.18. The molecule has 4 rings (SSSR count). The van der Waals surface area contributed by atoms with E-state index in [1.165, 1.54) is 14.0 Å². The Bertz CT molecular complexity index is 1190. The maximum Gasteiger partial charge on any atom is 0.334 e. The zero-order chi connectivity index (χ0) is 22.7. The highest BCUT2D eigenvalue weighted by Crippen LogP contribution is 2.30. The van der Waals surface area contributed by atoms with Crippen molar-refractivity contribution in [1.29, 1.82) is 0 Å². The third kappa shape index (κ3) is 4.00. The number of carbonyl (C=O) groups is 3. The second-order valence-corrected chi connectivity index (χ2v) is 7.12. The van der Waals surface area contributed by atoms with Gasteiger partial charge in [-0.1, -0.05) is 30.3 Å². The number of carbonyl (C=O) groups excluding carboxylic acids is 3. The monoisotopic (exact) mass is 428 g/mol. The van der Waals surface area contributed by atoms with Crippen molar-refractivity contribution in [2.75, 3.05) is 7.11 Å². The molecule has 32 heavy (non-hydrogen) atoms. The predicted molar refractivity (Wildman–Crippen MR) is 118 cm³/mol. The molecule has 2 amide bonds. The highest BCUT2D eigenvalue weighted by Gasteiger charge is 2.41. The molecule has 7 nitrogen and oxygen atoms in total. The lowest BCUT2D eigenvalue weighted by molar-refractivity contribution is -0.138. The molecule has 0 saturated carbocycles. The minimum absolute atomic E-state index is 0.191. The van der Waals surface area contributed by atoms with Crippen LogP contribution >= 0.6 is 0 Å². The van der Waals surface area contributed by atoms with Crippen LogP contribution in [0.15, 0.2) is 66.9 Å². The predicted octanol–water partition coefficient (Wildman–Crippen LogP) is 3.85. The third-order valence-corrected chi connectivity index (χ3v) is 5.09. The fourth-order valence-corrected chi connectivity index (χ4v) is 3.39. The number of aromatic nitrogens is 1. The Balaban J connectivity index is 1.50. The maximum absolute atomic E-state index is 12.8. The van der Waals surface area contributed by atoms with E-state index >= 15 is 0 Å². The summed E-state index contributed by atoms with van der Waals surface area (Å²) in [6.07, 6.45) is 5.42. The van der Waals surface area contributed by atoms with Gasteiger partial charge in [0.1, 0.15) is 6.04 Å². The van der Waals surface area contributed by atoms with Crippen LogP contribution in [0.5, 0.6) is 11.5 Å². The summed E-state index contributed by atoms with van der Waals surface area (Å²) in [6, 6.07) is 16.1. The van der Waals surface area contributed by atoms with Gasteiger partial charge < -0.3 is 9.47 Å². The maximum atomic E-state index is 12.8. The van der Waals surface area contributed by atoms with Crippen LogP contribution in [0.3, 0.4) is 0 Å². The summed E-state index contributed by atoms with van der Waals surface area (Å²) in [6.45, 7) is 1.46. The molecule has 2 aromatic carbocycles. The van der Waals surface area contributed by atoms with Crippen LogP contribution in [-0.4, -0.2) is 40.8 Å². The molecule has 2 heterocycles. The number of amides is 2. The molecule has 1 unspecified atom stereocenters. The molecule has 0 N–H and O–H groups in total. The number of methoxy groups -OCH3 is 1. The fraction of sp³-hybridized carbons (Fsp3) is 0.120. The molecule has 160 valence electrons.